The first kappa shape index (κ1) is 29.0. The molecular formula is C30H40F3N5O2. The number of rotatable bonds is 5. The number of benzene rings is 1. The molecule has 3 atom stereocenters. The number of nitrogens with zero attached hydrogens (tertiary/aromatic N) is 5. The molecule has 1 aromatic heterocycles. The maximum absolute atomic E-state index is 13.4. The van der Waals surface area contributed by atoms with Crippen molar-refractivity contribution in [2.45, 2.75) is 83.8 Å². The normalized spacial score (nSPS) is 25.7. The number of carbonyl (C=O) groups excluding carboxylic acids is 1. The Morgan fingerprint density at radius 2 is 1.77 bits per heavy atom. The molecule has 2 aromatic rings. The third kappa shape index (κ3) is 5.37. The van der Waals surface area contributed by atoms with Crippen LogP contribution in [-0.2, 0) is 17.3 Å². The summed E-state index contributed by atoms with van der Waals surface area (Å²) in [5, 5.41) is 0. The molecule has 0 bridgehead atoms. The summed E-state index contributed by atoms with van der Waals surface area (Å²) in [5.74, 6) is 0.00591. The van der Waals surface area contributed by atoms with Gasteiger partial charge in [0.2, 0.25) is 0 Å². The zero-order chi connectivity index (χ0) is 28.8. The number of piperazine rings is 1. The van der Waals surface area contributed by atoms with Gasteiger partial charge in [0.25, 0.3) is 5.91 Å². The molecule has 40 heavy (non-hydrogen) atoms. The van der Waals surface area contributed by atoms with Gasteiger partial charge >= 0.3 is 6.18 Å². The van der Waals surface area contributed by atoms with Gasteiger partial charge in [-0.2, -0.15) is 13.2 Å². The van der Waals surface area contributed by atoms with Gasteiger partial charge in [-0.25, -0.2) is 9.97 Å². The molecule has 2 aliphatic heterocycles. The Balaban J connectivity index is 1.26. The van der Waals surface area contributed by atoms with Crippen molar-refractivity contribution >= 4 is 5.91 Å². The second-order valence-corrected chi connectivity index (χ2v) is 11.8. The molecule has 3 aliphatic rings. The highest BCUT2D eigenvalue weighted by Crippen LogP contribution is 2.43. The molecule has 7 nitrogen and oxygen atoms in total. The fraction of sp³-hybridized carbons (Fsp3) is 0.633. The van der Waals surface area contributed by atoms with Crippen LogP contribution in [0.5, 0.6) is 0 Å². The summed E-state index contributed by atoms with van der Waals surface area (Å²) in [7, 11) is 0. The van der Waals surface area contributed by atoms with Gasteiger partial charge in [-0.1, -0.05) is 6.07 Å². The van der Waals surface area contributed by atoms with Crippen LogP contribution in [0.4, 0.5) is 13.2 Å². The maximum atomic E-state index is 13.4. The van der Waals surface area contributed by atoms with E-state index in [1.165, 1.54) is 18.5 Å². The van der Waals surface area contributed by atoms with E-state index in [-0.39, 0.29) is 29.6 Å². The lowest BCUT2D eigenvalue weighted by molar-refractivity contribution is -0.137. The number of halogens is 3. The Kier molecular flexibility index (Phi) is 7.98. The number of aromatic nitrogens is 2. The largest absolute Gasteiger partial charge is 0.416 e. The van der Waals surface area contributed by atoms with E-state index in [1.54, 1.807) is 6.07 Å². The Morgan fingerprint density at radius 1 is 1.10 bits per heavy atom. The molecular weight excluding hydrogens is 519 g/mol. The Hall–Kier alpha value is -2.56. The van der Waals surface area contributed by atoms with Crippen molar-refractivity contribution in [2.24, 2.45) is 0 Å². The van der Waals surface area contributed by atoms with E-state index < -0.39 is 11.7 Å². The van der Waals surface area contributed by atoms with Gasteiger partial charge in [0, 0.05) is 57.3 Å². The Bertz CT molecular complexity index is 1220. The van der Waals surface area contributed by atoms with Gasteiger partial charge in [0.1, 0.15) is 6.33 Å². The molecule has 0 saturated carbocycles. The van der Waals surface area contributed by atoms with Crippen LogP contribution in [0.15, 0.2) is 24.5 Å². The zero-order valence-electron chi connectivity index (χ0n) is 24.1. The van der Waals surface area contributed by atoms with E-state index in [1.807, 2.05) is 25.7 Å². The molecule has 0 radical (unpaired) electrons. The van der Waals surface area contributed by atoms with Crippen LogP contribution in [-0.4, -0.2) is 87.6 Å². The molecule has 1 aromatic carbocycles. The van der Waals surface area contributed by atoms with Crippen LogP contribution in [0.1, 0.15) is 78.1 Å². The number of hydrogen-bond donors (Lipinski definition) is 0. The number of carbonyl (C=O) groups is 1. The van der Waals surface area contributed by atoms with Gasteiger partial charge in [0.15, 0.2) is 0 Å². The molecule has 2 saturated heterocycles. The summed E-state index contributed by atoms with van der Waals surface area (Å²) in [6, 6.07) is 4.33. The number of aryl methyl sites for hydroxylation is 2. The van der Waals surface area contributed by atoms with E-state index in [9.17, 15) is 18.0 Å². The van der Waals surface area contributed by atoms with Gasteiger partial charge in [-0.15, -0.1) is 0 Å². The summed E-state index contributed by atoms with van der Waals surface area (Å²) in [6.45, 7) is 14.6. The monoisotopic (exact) mass is 559 g/mol. The number of likely N-dealkylation sites (tertiary alicyclic amines) is 1. The van der Waals surface area contributed by atoms with Crippen molar-refractivity contribution in [1.82, 2.24) is 24.7 Å². The first-order valence-electron chi connectivity index (χ1n) is 14.3. The first-order chi connectivity index (χ1) is 18.9. The highest BCUT2D eigenvalue weighted by molar-refractivity contribution is 5.96. The molecule has 2 fully saturated rings. The van der Waals surface area contributed by atoms with Crippen LogP contribution >= 0.6 is 0 Å². The van der Waals surface area contributed by atoms with Crippen molar-refractivity contribution in [2.75, 3.05) is 39.3 Å². The second-order valence-electron chi connectivity index (χ2n) is 11.8. The average Bonchev–Trinajstić information content (AvgIpc) is 3.25. The number of amides is 1. The molecule has 5 rings (SSSR count). The lowest BCUT2D eigenvalue weighted by atomic mass is 9.86. The number of alkyl halides is 3. The minimum absolute atomic E-state index is 0.00591. The fourth-order valence-electron chi connectivity index (χ4n) is 6.98. The lowest BCUT2D eigenvalue weighted by Gasteiger charge is -2.53. The molecule has 0 spiro atoms. The number of hydrogen-bond acceptors (Lipinski definition) is 6. The van der Waals surface area contributed by atoms with Crippen LogP contribution in [0.3, 0.4) is 0 Å². The molecule has 10 heteroatoms. The van der Waals surface area contributed by atoms with Crippen molar-refractivity contribution in [3.8, 4) is 0 Å². The van der Waals surface area contributed by atoms with E-state index in [0.717, 1.165) is 43.6 Å². The fourth-order valence-corrected chi connectivity index (χ4v) is 6.98. The minimum atomic E-state index is -4.35. The lowest BCUT2D eigenvalue weighted by Crippen LogP contribution is -2.62. The number of piperidine rings is 1. The van der Waals surface area contributed by atoms with E-state index >= 15 is 0 Å². The quantitative estimate of drug-likeness (QED) is 0.524. The smallest absolute Gasteiger partial charge is 0.376 e. The standard InChI is InChI=1S/C30H40F3N5O2/c1-6-40-25-16-22-15-23(30(31,32)33)7-8-24(22)27(25)38-14-13-37(17-19(38)2)29(5)9-11-36(12-10-29)28(39)26-20(3)34-18-35-21(26)4/h7-8,15,18-19,25,27H,6,9-14,16-17H2,1-5H3/t19-,25+,27-/m0/s1. The van der Waals surface area contributed by atoms with Gasteiger partial charge in [-0.3, -0.25) is 14.6 Å². The van der Waals surface area contributed by atoms with E-state index in [2.05, 4.69) is 33.6 Å². The van der Waals surface area contributed by atoms with Crippen LogP contribution in [0.2, 0.25) is 0 Å². The Labute approximate surface area is 234 Å². The van der Waals surface area contributed by atoms with Gasteiger partial charge in [-0.05, 0) is 70.7 Å². The van der Waals surface area contributed by atoms with Crippen LogP contribution in [0, 0.1) is 13.8 Å². The van der Waals surface area contributed by atoms with Crippen molar-refractivity contribution in [1.29, 1.82) is 0 Å². The molecule has 1 aliphatic carbocycles. The number of fused-ring (bicyclic) bond motifs is 1. The first-order valence-corrected chi connectivity index (χ1v) is 14.3. The predicted octanol–water partition coefficient (Wildman–Crippen LogP) is 4.82. The van der Waals surface area contributed by atoms with Crippen molar-refractivity contribution in [3.05, 3.63) is 58.2 Å². The molecule has 3 heterocycles. The highest BCUT2D eigenvalue weighted by Gasteiger charge is 2.45. The minimum Gasteiger partial charge on any atom is -0.376 e. The van der Waals surface area contributed by atoms with Gasteiger partial charge < -0.3 is 9.64 Å². The van der Waals surface area contributed by atoms with Crippen molar-refractivity contribution in [3.63, 3.8) is 0 Å². The molecule has 0 N–H and O–H groups in total. The highest BCUT2D eigenvalue weighted by atomic mass is 19.4. The summed E-state index contributed by atoms with van der Waals surface area (Å²) in [5.41, 5.74) is 3.11. The van der Waals surface area contributed by atoms with Gasteiger partial charge in [0.05, 0.1) is 34.7 Å². The maximum Gasteiger partial charge on any atom is 0.416 e. The summed E-state index contributed by atoms with van der Waals surface area (Å²) in [4.78, 5) is 28.6. The second kappa shape index (κ2) is 11.0. The summed E-state index contributed by atoms with van der Waals surface area (Å²) >= 11 is 0. The summed E-state index contributed by atoms with van der Waals surface area (Å²) in [6.07, 6.45) is -0.754. The van der Waals surface area contributed by atoms with E-state index in [0.29, 0.717) is 43.1 Å². The topological polar surface area (TPSA) is 61.8 Å². The van der Waals surface area contributed by atoms with Crippen molar-refractivity contribution < 1.29 is 22.7 Å². The third-order valence-electron chi connectivity index (χ3n) is 9.31. The van der Waals surface area contributed by atoms with E-state index in [4.69, 9.17) is 4.74 Å². The van der Waals surface area contributed by atoms with Crippen LogP contribution < -0.4 is 0 Å². The Morgan fingerprint density at radius 3 is 2.38 bits per heavy atom. The SMILES string of the molecule is CCO[C@@H]1Cc2cc(C(F)(F)F)ccc2[C@@H]1N1CCN(C2(C)CCN(C(=O)c3c(C)ncnc3C)CC2)C[C@@H]1C. The third-order valence-corrected chi connectivity index (χ3v) is 9.31. The predicted molar refractivity (Wildman–Crippen MR) is 146 cm³/mol. The molecule has 1 amide bonds. The average molecular weight is 560 g/mol. The van der Waals surface area contributed by atoms with Crippen LogP contribution in [0.25, 0.3) is 0 Å². The molecule has 0 unspecified atom stereocenters. The number of ether oxygens (including phenoxy) is 1. The zero-order valence-corrected chi connectivity index (χ0v) is 24.1. The summed E-state index contributed by atoms with van der Waals surface area (Å²) < 4.78 is 46.3. The molecule has 218 valence electrons.